The van der Waals surface area contributed by atoms with Crippen LogP contribution in [0, 0.1) is 13.8 Å². The lowest BCUT2D eigenvalue weighted by atomic mass is 10.1. The van der Waals surface area contributed by atoms with Crippen molar-refractivity contribution in [3.63, 3.8) is 0 Å². The van der Waals surface area contributed by atoms with Gasteiger partial charge in [-0.3, -0.25) is 9.59 Å². The third-order valence-electron chi connectivity index (χ3n) is 4.71. The number of imide groups is 1. The number of thiocarbonyl (C=S) groups is 1. The van der Waals surface area contributed by atoms with Crippen molar-refractivity contribution < 1.29 is 9.59 Å². The van der Waals surface area contributed by atoms with Gasteiger partial charge in [-0.05, 0) is 56.4 Å². The molecule has 2 heterocycles. The number of amides is 2. The van der Waals surface area contributed by atoms with Gasteiger partial charge < -0.3 is 4.90 Å². The Balaban J connectivity index is 1.71. The first-order valence-corrected chi connectivity index (χ1v) is 9.66. The molecule has 1 aromatic rings. The Morgan fingerprint density at radius 1 is 1.12 bits per heavy atom. The monoisotopic (exact) mass is 362 g/mol. The second kappa shape index (κ2) is 7.23. The van der Waals surface area contributed by atoms with Crippen molar-refractivity contribution in [2.24, 2.45) is 0 Å². The number of benzene rings is 1. The zero-order chi connectivity index (χ0) is 17.3. The summed E-state index contributed by atoms with van der Waals surface area (Å²) in [6.07, 6.45) is 3.76. The molecule has 24 heavy (non-hydrogen) atoms. The maximum Gasteiger partial charge on any atom is 0.247 e. The van der Waals surface area contributed by atoms with E-state index in [1.807, 2.05) is 32.0 Å². The van der Waals surface area contributed by atoms with Gasteiger partial charge in [0.2, 0.25) is 11.8 Å². The van der Waals surface area contributed by atoms with Gasteiger partial charge in [-0.2, -0.15) is 0 Å². The molecule has 0 N–H and O–H groups in total. The van der Waals surface area contributed by atoms with Crippen LogP contribution in [0.3, 0.4) is 0 Å². The van der Waals surface area contributed by atoms with Gasteiger partial charge in [0.25, 0.3) is 0 Å². The fourth-order valence-corrected chi connectivity index (χ4v) is 4.64. The molecule has 2 aliphatic rings. The van der Waals surface area contributed by atoms with Crippen LogP contribution in [0.25, 0.3) is 0 Å². The van der Waals surface area contributed by atoms with E-state index in [0.717, 1.165) is 41.4 Å². The van der Waals surface area contributed by atoms with Gasteiger partial charge >= 0.3 is 0 Å². The molecule has 2 aliphatic heterocycles. The van der Waals surface area contributed by atoms with Gasteiger partial charge in [0.15, 0.2) is 0 Å². The summed E-state index contributed by atoms with van der Waals surface area (Å²) in [5, 5.41) is -0.395. The number of carbonyl (C=O) groups excluding carboxylic acids is 2. The fraction of sp³-hybridized carbons (Fsp3) is 0.500. The van der Waals surface area contributed by atoms with Crippen LogP contribution in [0.5, 0.6) is 0 Å². The van der Waals surface area contributed by atoms with Gasteiger partial charge in [-0.25, -0.2) is 4.90 Å². The minimum Gasteiger partial charge on any atom is -0.358 e. The van der Waals surface area contributed by atoms with E-state index >= 15 is 0 Å². The van der Waals surface area contributed by atoms with Crippen LogP contribution in [0.1, 0.15) is 36.8 Å². The Morgan fingerprint density at radius 3 is 2.50 bits per heavy atom. The quantitative estimate of drug-likeness (QED) is 0.595. The van der Waals surface area contributed by atoms with E-state index in [4.69, 9.17) is 12.2 Å². The van der Waals surface area contributed by atoms with E-state index in [2.05, 4.69) is 4.90 Å². The number of hydrogen-bond donors (Lipinski definition) is 0. The third-order valence-corrected chi connectivity index (χ3v) is 6.37. The lowest BCUT2D eigenvalue weighted by Crippen LogP contribution is -2.35. The van der Waals surface area contributed by atoms with Crippen molar-refractivity contribution in [1.29, 1.82) is 0 Å². The van der Waals surface area contributed by atoms with E-state index < -0.39 is 5.25 Å². The topological polar surface area (TPSA) is 40.6 Å². The summed E-state index contributed by atoms with van der Waals surface area (Å²) in [6.45, 7) is 5.92. The van der Waals surface area contributed by atoms with Gasteiger partial charge in [0, 0.05) is 19.5 Å². The molecule has 1 aromatic carbocycles. The van der Waals surface area contributed by atoms with Crippen molar-refractivity contribution in [2.45, 2.75) is 44.8 Å². The van der Waals surface area contributed by atoms with Crippen LogP contribution in [-0.2, 0) is 9.59 Å². The summed E-state index contributed by atoms with van der Waals surface area (Å²) < 4.78 is 0.753. The van der Waals surface area contributed by atoms with Gasteiger partial charge in [0.05, 0.1) is 5.69 Å². The normalized spacial score (nSPS) is 21.5. The molecule has 0 aromatic heterocycles. The molecule has 3 rings (SSSR count). The SMILES string of the molecule is Cc1ccc(N2C(=O)C[C@@H](SC(=S)N3CCCCC3)C2=O)cc1C. The average molecular weight is 363 g/mol. The Morgan fingerprint density at radius 2 is 1.83 bits per heavy atom. The largest absolute Gasteiger partial charge is 0.358 e. The summed E-state index contributed by atoms with van der Waals surface area (Å²) >= 11 is 6.88. The number of anilines is 1. The molecular formula is C18H22N2O2S2. The molecule has 0 spiro atoms. The number of carbonyl (C=O) groups is 2. The van der Waals surface area contributed by atoms with E-state index in [9.17, 15) is 9.59 Å². The Hall–Kier alpha value is -1.40. The van der Waals surface area contributed by atoms with Crippen LogP contribution >= 0.6 is 24.0 Å². The summed E-state index contributed by atoms with van der Waals surface area (Å²) in [4.78, 5) is 28.6. The number of thioether (sulfide) groups is 1. The van der Waals surface area contributed by atoms with Crippen molar-refractivity contribution in [3.05, 3.63) is 29.3 Å². The highest BCUT2D eigenvalue weighted by atomic mass is 32.2. The summed E-state index contributed by atoms with van der Waals surface area (Å²) in [6, 6.07) is 5.69. The second-order valence-electron chi connectivity index (χ2n) is 6.46. The molecule has 0 aliphatic carbocycles. The number of hydrogen-bond acceptors (Lipinski definition) is 4. The maximum absolute atomic E-state index is 12.7. The molecule has 2 fully saturated rings. The van der Waals surface area contributed by atoms with Crippen molar-refractivity contribution in [3.8, 4) is 0 Å². The maximum atomic E-state index is 12.7. The lowest BCUT2D eigenvalue weighted by Gasteiger charge is -2.29. The number of aryl methyl sites for hydroxylation is 2. The Labute approximate surface area is 152 Å². The first kappa shape index (κ1) is 17.4. The number of likely N-dealkylation sites (tertiary alicyclic amines) is 1. The molecule has 2 saturated heterocycles. The number of rotatable bonds is 2. The van der Waals surface area contributed by atoms with Crippen LogP contribution < -0.4 is 4.90 Å². The van der Waals surface area contributed by atoms with Crippen LogP contribution in [0.4, 0.5) is 5.69 Å². The van der Waals surface area contributed by atoms with Gasteiger partial charge in [-0.15, -0.1) is 0 Å². The van der Waals surface area contributed by atoms with Crippen LogP contribution in [-0.4, -0.2) is 39.4 Å². The minimum absolute atomic E-state index is 0.137. The Kier molecular flexibility index (Phi) is 5.25. The molecule has 0 unspecified atom stereocenters. The van der Waals surface area contributed by atoms with Crippen LogP contribution in [0.15, 0.2) is 18.2 Å². The first-order chi connectivity index (χ1) is 11.5. The predicted octanol–water partition coefficient (Wildman–Crippen LogP) is 3.44. The standard InChI is InChI=1S/C18H22N2O2S2/c1-12-6-7-14(10-13(12)2)20-16(21)11-15(17(20)22)24-18(23)19-8-4-3-5-9-19/h6-7,10,15H,3-5,8-9,11H2,1-2H3/t15-/m1/s1. The molecule has 0 bridgehead atoms. The van der Waals surface area contributed by atoms with E-state index in [-0.39, 0.29) is 18.2 Å². The smallest absolute Gasteiger partial charge is 0.247 e. The predicted molar refractivity (Wildman–Crippen MR) is 102 cm³/mol. The Bertz CT molecular complexity index is 684. The van der Waals surface area contributed by atoms with E-state index in [1.54, 1.807) is 0 Å². The summed E-state index contributed by atoms with van der Waals surface area (Å²) in [5.74, 6) is -0.283. The van der Waals surface area contributed by atoms with Crippen molar-refractivity contribution in [1.82, 2.24) is 4.90 Å². The van der Waals surface area contributed by atoms with Gasteiger partial charge in [0.1, 0.15) is 9.57 Å². The molecule has 6 heteroatoms. The van der Waals surface area contributed by atoms with Crippen LogP contribution in [0.2, 0.25) is 0 Å². The molecule has 2 amide bonds. The van der Waals surface area contributed by atoms with E-state index in [0.29, 0.717) is 5.69 Å². The number of piperidine rings is 1. The zero-order valence-electron chi connectivity index (χ0n) is 14.1. The van der Waals surface area contributed by atoms with Crippen molar-refractivity contribution >= 4 is 45.8 Å². The molecule has 4 nitrogen and oxygen atoms in total. The second-order valence-corrected chi connectivity index (χ2v) is 8.30. The highest BCUT2D eigenvalue weighted by molar-refractivity contribution is 8.23. The molecule has 128 valence electrons. The number of nitrogens with zero attached hydrogens (tertiary/aromatic N) is 2. The minimum atomic E-state index is -0.395. The molecular weight excluding hydrogens is 340 g/mol. The first-order valence-electron chi connectivity index (χ1n) is 8.37. The lowest BCUT2D eigenvalue weighted by molar-refractivity contribution is -0.121. The van der Waals surface area contributed by atoms with E-state index in [1.165, 1.54) is 23.1 Å². The third kappa shape index (κ3) is 3.49. The molecule has 0 saturated carbocycles. The summed E-state index contributed by atoms with van der Waals surface area (Å²) in [7, 11) is 0. The van der Waals surface area contributed by atoms with Crippen molar-refractivity contribution in [2.75, 3.05) is 18.0 Å². The highest BCUT2D eigenvalue weighted by Crippen LogP contribution is 2.32. The van der Waals surface area contributed by atoms with Gasteiger partial charge in [-0.1, -0.05) is 30.0 Å². The summed E-state index contributed by atoms with van der Waals surface area (Å²) in [5.41, 5.74) is 2.89. The molecule has 0 radical (unpaired) electrons. The molecule has 1 atom stereocenters. The zero-order valence-corrected chi connectivity index (χ0v) is 15.7. The highest BCUT2D eigenvalue weighted by Gasteiger charge is 2.41. The fourth-order valence-electron chi connectivity index (χ4n) is 3.10. The average Bonchev–Trinajstić information content (AvgIpc) is 2.85.